The van der Waals surface area contributed by atoms with E-state index in [1.165, 1.54) is 6.07 Å². The maximum Gasteiger partial charge on any atom is 0.435 e. The lowest BCUT2D eigenvalue weighted by Gasteiger charge is -2.48. The first-order valence-corrected chi connectivity index (χ1v) is 8.42. The summed E-state index contributed by atoms with van der Waals surface area (Å²) in [4.78, 5) is 15.1. The van der Waals surface area contributed by atoms with Crippen LogP contribution >= 0.6 is 0 Å². The summed E-state index contributed by atoms with van der Waals surface area (Å²) in [5.41, 5.74) is -0.961. The van der Waals surface area contributed by atoms with Gasteiger partial charge < -0.3 is 9.80 Å². The molecule has 0 radical (unpaired) electrons. The Balaban J connectivity index is 1.28. The predicted molar refractivity (Wildman–Crippen MR) is 88.9 cm³/mol. The van der Waals surface area contributed by atoms with Crippen LogP contribution in [0.15, 0.2) is 30.6 Å². The third-order valence-electron chi connectivity index (χ3n) is 4.79. The Labute approximate surface area is 148 Å². The highest BCUT2D eigenvalue weighted by Gasteiger charge is 2.36. The molecule has 4 heterocycles. The molecule has 10 heteroatoms. The fourth-order valence-corrected chi connectivity index (χ4v) is 3.26. The zero-order valence-corrected chi connectivity index (χ0v) is 14.0. The second kappa shape index (κ2) is 6.67. The summed E-state index contributed by atoms with van der Waals surface area (Å²) >= 11 is 0. The number of hydrogen-bond acceptors (Lipinski definition) is 7. The van der Waals surface area contributed by atoms with Crippen LogP contribution in [-0.2, 0) is 6.18 Å². The summed E-state index contributed by atoms with van der Waals surface area (Å²) in [5, 5.41) is 6.99. The molecule has 138 valence electrons. The molecule has 4 rings (SSSR count). The van der Waals surface area contributed by atoms with Gasteiger partial charge in [0.25, 0.3) is 0 Å². The molecule has 0 amide bonds. The van der Waals surface area contributed by atoms with Gasteiger partial charge in [-0.1, -0.05) is 0 Å². The van der Waals surface area contributed by atoms with Crippen LogP contribution in [0.5, 0.6) is 0 Å². The number of alkyl halides is 3. The van der Waals surface area contributed by atoms with E-state index in [2.05, 4.69) is 30.0 Å². The molecule has 2 aliphatic rings. The summed E-state index contributed by atoms with van der Waals surface area (Å²) in [6, 6.07) is 4.55. The molecule has 0 saturated carbocycles. The summed E-state index contributed by atoms with van der Waals surface area (Å²) in [6.07, 6.45) is -0.974. The van der Waals surface area contributed by atoms with Crippen molar-refractivity contribution in [3.8, 4) is 0 Å². The predicted octanol–water partition coefficient (Wildman–Crippen LogP) is 1.30. The maximum absolute atomic E-state index is 12.5. The van der Waals surface area contributed by atoms with Crippen molar-refractivity contribution in [1.29, 1.82) is 0 Å². The van der Waals surface area contributed by atoms with Gasteiger partial charge in [-0.25, -0.2) is 9.97 Å². The van der Waals surface area contributed by atoms with Crippen LogP contribution in [0.1, 0.15) is 5.69 Å². The first-order chi connectivity index (χ1) is 12.5. The molecule has 0 atom stereocenters. The van der Waals surface area contributed by atoms with E-state index < -0.39 is 11.9 Å². The van der Waals surface area contributed by atoms with Crippen LogP contribution in [-0.4, -0.2) is 70.4 Å². The molecule has 2 aromatic heterocycles. The fraction of sp³-hybridized carbons (Fsp3) is 0.500. The highest BCUT2D eigenvalue weighted by Crippen LogP contribution is 2.29. The SMILES string of the molecule is FC(F)(F)c1ccc(N2CC(N3CCN(c4ncccn4)CC3)C2)nn1. The smallest absolute Gasteiger partial charge is 0.352 e. The highest BCUT2D eigenvalue weighted by atomic mass is 19.4. The van der Waals surface area contributed by atoms with Crippen molar-refractivity contribution < 1.29 is 13.2 Å². The number of aromatic nitrogens is 4. The summed E-state index contributed by atoms with van der Waals surface area (Å²) in [6.45, 7) is 5.05. The minimum Gasteiger partial charge on any atom is -0.352 e. The van der Waals surface area contributed by atoms with E-state index in [0.717, 1.165) is 51.3 Å². The topological polar surface area (TPSA) is 61.3 Å². The number of nitrogens with zero attached hydrogens (tertiary/aromatic N) is 7. The Hall–Kier alpha value is -2.49. The lowest BCUT2D eigenvalue weighted by molar-refractivity contribution is -0.141. The van der Waals surface area contributed by atoms with Crippen molar-refractivity contribution >= 4 is 11.8 Å². The van der Waals surface area contributed by atoms with Crippen molar-refractivity contribution in [3.63, 3.8) is 0 Å². The van der Waals surface area contributed by atoms with E-state index >= 15 is 0 Å². The average molecular weight is 365 g/mol. The molecule has 0 bridgehead atoms. The Morgan fingerprint density at radius 1 is 0.885 bits per heavy atom. The number of halogens is 3. The molecule has 26 heavy (non-hydrogen) atoms. The van der Waals surface area contributed by atoms with E-state index in [1.807, 2.05) is 4.90 Å². The number of piperazine rings is 1. The highest BCUT2D eigenvalue weighted by molar-refractivity contribution is 5.42. The van der Waals surface area contributed by atoms with E-state index in [9.17, 15) is 13.2 Å². The number of anilines is 2. The third-order valence-corrected chi connectivity index (χ3v) is 4.79. The normalized spacial score (nSPS) is 19.5. The molecular weight excluding hydrogens is 347 g/mol. The van der Waals surface area contributed by atoms with Gasteiger partial charge >= 0.3 is 6.18 Å². The summed E-state index contributed by atoms with van der Waals surface area (Å²) < 4.78 is 37.6. The second-order valence-corrected chi connectivity index (χ2v) is 6.41. The lowest BCUT2D eigenvalue weighted by Crippen LogP contribution is -2.63. The Kier molecular flexibility index (Phi) is 4.35. The van der Waals surface area contributed by atoms with Gasteiger partial charge in [-0.3, -0.25) is 4.90 Å². The Morgan fingerprint density at radius 3 is 2.15 bits per heavy atom. The van der Waals surface area contributed by atoms with E-state index in [0.29, 0.717) is 11.9 Å². The van der Waals surface area contributed by atoms with Crippen LogP contribution in [0.2, 0.25) is 0 Å². The van der Waals surface area contributed by atoms with Gasteiger partial charge in [0, 0.05) is 57.7 Å². The van der Waals surface area contributed by atoms with E-state index in [-0.39, 0.29) is 0 Å². The van der Waals surface area contributed by atoms with Crippen molar-refractivity contribution in [3.05, 3.63) is 36.3 Å². The molecule has 2 saturated heterocycles. The largest absolute Gasteiger partial charge is 0.435 e. The first kappa shape index (κ1) is 17.0. The molecule has 2 aromatic rings. The molecule has 2 fully saturated rings. The standard InChI is InChI=1S/C16H18F3N7/c17-16(18,19)13-2-3-14(23-22-13)26-10-12(11-26)24-6-8-25(9-7-24)15-20-4-1-5-21-15/h1-5,12H,6-11H2. The van der Waals surface area contributed by atoms with E-state index in [4.69, 9.17) is 0 Å². The van der Waals surface area contributed by atoms with Crippen molar-refractivity contribution in [2.24, 2.45) is 0 Å². The molecular formula is C16H18F3N7. The number of rotatable bonds is 3. The monoisotopic (exact) mass is 365 g/mol. The van der Waals surface area contributed by atoms with Gasteiger partial charge in [0.05, 0.1) is 0 Å². The zero-order chi connectivity index (χ0) is 18.1. The van der Waals surface area contributed by atoms with Gasteiger partial charge in [0.1, 0.15) is 0 Å². The van der Waals surface area contributed by atoms with Gasteiger partial charge in [-0.2, -0.15) is 13.2 Å². The fourth-order valence-electron chi connectivity index (χ4n) is 3.26. The van der Waals surface area contributed by atoms with Crippen molar-refractivity contribution in [1.82, 2.24) is 25.1 Å². The van der Waals surface area contributed by atoms with Crippen LogP contribution in [0.25, 0.3) is 0 Å². The van der Waals surface area contributed by atoms with Crippen LogP contribution in [0, 0.1) is 0 Å². The molecule has 0 spiro atoms. The average Bonchev–Trinajstić information content (AvgIpc) is 2.62. The van der Waals surface area contributed by atoms with Crippen LogP contribution < -0.4 is 9.80 Å². The molecule has 0 aliphatic carbocycles. The van der Waals surface area contributed by atoms with Crippen molar-refractivity contribution in [2.45, 2.75) is 12.2 Å². The quantitative estimate of drug-likeness (QED) is 0.812. The van der Waals surface area contributed by atoms with Crippen LogP contribution in [0.4, 0.5) is 24.9 Å². The molecule has 0 N–H and O–H groups in total. The first-order valence-electron chi connectivity index (χ1n) is 8.42. The Morgan fingerprint density at radius 2 is 1.58 bits per heavy atom. The maximum atomic E-state index is 12.5. The minimum absolute atomic E-state index is 0.387. The minimum atomic E-state index is -4.45. The van der Waals surface area contributed by atoms with E-state index in [1.54, 1.807) is 18.5 Å². The molecule has 0 unspecified atom stereocenters. The Bertz CT molecular complexity index is 724. The third kappa shape index (κ3) is 3.41. The number of hydrogen-bond donors (Lipinski definition) is 0. The second-order valence-electron chi connectivity index (χ2n) is 6.41. The lowest BCUT2D eigenvalue weighted by atomic mass is 10.1. The molecule has 0 aromatic carbocycles. The van der Waals surface area contributed by atoms with Gasteiger partial charge in [0.2, 0.25) is 5.95 Å². The van der Waals surface area contributed by atoms with Gasteiger partial charge in [-0.15, -0.1) is 10.2 Å². The zero-order valence-electron chi connectivity index (χ0n) is 14.0. The van der Waals surface area contributed by atoms with Crippen LogP contribution in [0.3, 0.4) is 0 Å². The van der Waals surface area contributed by atoms with Crippen molar-refractivity contribution in [2.75, 3.05) is 49.1 Å². The van der Waals surface area contributed by atoms with Gasteiger partial charge in [-0.05, 0) is 18.2 Å². The molecule has 7 nitrogen and oxygen atoms in total. The summed E-state index contributed by atoms with van der Waals surface area (Å²) in [5.74, 6) is 1.24. The summed E-state index contributed by atoms with van der Waals surface area (Å²) in [7, 11) is 0. The van der Waals surface area contributed by atoms with Gasteiger partial charge in [0.15, 0.2) is 11.5 Å². The molecule has 2 aliphatic heterocycles.